The molecule has 0 bridgehead atoms. The van der Waals surface area contributed by atoms with E-state index in [4.69, 9.17) is 16.3 Å². The molecule has 1 saturated heterocycles. The maximum absolute atomic E-state index is 13.4. The molecule has 0 atom stereocenters. The molecule has 1 fully saturated rings. The summed E-state index contributed by atoms with van der Waals surface area (Å²) in [7, 11) is 1.46. The van der Waals surface area contributed by atoms with Gasteiger partial charge >= 0.3 is 0 Å². The third-order valence-corrected chi connectivity index (χ3v) is 4.00. The highest BCUT2D eigenvalue weighted by atomic mass is 79.9. The summed E-state index contributed by atoms with van der Waals surface area (Å²) in [5.74, 6) is -2.86. The highest BCUT2D eigenvalue weighted by molar-refractivity contribution is 9.10. The third kappa shape index (κ3) is 3.23. The average molecular weight is 369 g/mol. The number of hydrogen-bond acceptors (Lipinski definition) is 2. The molecule has 0 unspecified atom stereocenters. The second-order valence-electron chi connectivity index (χ2n) is 4.66. The zero-order chi connectivity index (χ0) is 14.9. The van der Waals surface area contributed by atoms with Crippen LogP contribution in [0.15, 0.2) is 16.6 Å². The largest absolute Gasteiger partial charge is 0.494 e. The van der Waals surface area contributed by atoms with Gasteiger partial charge in [-0.25, -0.2) is 8.78 Å². The Bertz CT molecular complexity index is 516. The smallest absolute Gasteiger partial charge is 0.265 e. The number of nitrogens with zero attached hydrogens (tertiary/aromatic N) is 1. The first-order valence-electron chi connectivity index (χ1n) is 6.04. The quantitative estimate of drug-likeness (QED) is 0.790. The number of hydrogen-bond donors (Lipinski definition) is 0. The molecule has 0 aliphatic carbocycles. The number of carbonyl (C=O) groups excluding carboxylic acids is 1. The molecule has 20 heavy (non-hydrogen) atoms. The maximum atomic E-state index is 13.4. The van der Waals surface area contributed by atoms with Gasteiger partial charge in [-0.1, -0.05) is 11.6 Å². The molecule has 0 radical (unpaired) electrons. The molecule has 0 spiro atoms. The minimum absolute atomic E-state index is 0.177. The lowest BCUT2D eigenvalue weighted by molar-refractivity contribution is -0.0560. The molecule has 0 N–H and O–H groups in total. The molecule has 1 heterocycles. The predicted molar refractivity (Wildman–Crippen MR) is 75.8 cm³/mol. The number of alkyl halides is 2. The number of rotatable bonds is 2. The molecular formula is C13H13BrClF2NO2. The Labute approximate surface area is 129 Å². The second-order valence-corrected chi connectivity index (χ2v) is 5.92. The van der Waals surface area contributed by atoms with Crippen molar-refractivity contribution in [2.75, 3.05) is 20.2 Å². The number of piperidine rings is 1. The summed E-state index contributed by atoms with van der Waals surface area (Å²) in [6, 6.07) is 2.96. The Morgan fingerprint density at radius 3 is 2.75 bits per heavy atom. The van der Waals surface area contributed by atoms with E-state index in [2.05, 4.69) is 15.9 Å². The molecular weight excluding hydrogens is 356 g/mol. The van der Waals surface area contributed by atoms with Gasteiger partial charge in [0.25, 0.3) is 11.8 Å². The van der Waals surface area contributed by atoms with Crippen LogP contribution in [0.1, 0.15) is 23.2 Å². The number of halogens is 4. The van der Waals surface area contributed by atoms with E-state index in [1.165, 1.54) is 19.2 Å². The van der Waals surface area contributed by atoms with E-state index < -0.39 is 18.4 Å². The number of carbonyl (C=O) groups is 1. The molecule has 0 aromatic heterocycles. The maximum Gasteiger partial charge on any atom is 0.265 e. The van der Waals surface area contributed by atoms with E-state index in [0.717, 1.165) is 4.90 Å². The summed E-state index contributed by atoms with van der Waals surface area (Å²) >= 11 is 9.24. The normalized spacial score (nSPS) is 17.9. The van der Waals surface area contributed by atoms with E-state index >= 15 is 0 Å². The number of likely N-dealkylation sites (tertiary alicyclic amines) is 1. The molecule has 110 valence electrons. The van der Waals surface area contributed by atoms with Crippen LogP contribution in [0.4, 0.5) is 8.78 Å². The molecule has 1 amide bonds. The van der Waals surface area contributed by atoms with Gasteiger partial charge in [0.05, 0.1) is 23.1 Å². The van der Waals surface area contributed by atoms with E-state index in [0.29, 0.717) is 23.2 Å². The molecule has 1 aliphatic rings. The highest BCUT2D eigenvalue weighted by Gasteiger charge is 2.37. The number of benzene rings is 1. The van der Waals surface area contributed by atoms with Gasteiger partial charge in [-0.15, -0.1) is 0 Å². The van der Waals surface area contributed by atoms with E-state index in [9.17, 15) is 13.6 Å². The fourth-order valence-corrected chi connectivity index (χ4v) is 3.23. The van der Waals surface area contributed by atoms with Crippen molar-refractivity contribution in [3.8, 4) is 5.75 Å². The van der Waals surface area contributed by atoms with Crippen LogP contribution in [0.3, 0.4) is 0 Å². The van der Waals surface area contributed by atoms with Gasteiger partial charge in [0.15, 0.2) is 5.75 Å². The molecule has 7 heteroatoms. The zero-order valence-corrected chi connectivity index (χ0v) is 13.1. The van der Waals surface area contributed by atoms with Crippen molar-refractivity contribution in [1.29, 1.82) is 0 Å². The summed E-state index contributed by atoms with van der Waals surface area (Å²) in [5, 5.41) is 0.258. The van der Waals surface area contributed by atoms with Crippen molar-refractivity contribution in [3.63, 3.8) is 0 Å². The van der Waals surface area contributed by atoms with E-state index in [-0.39, 0.29) is 17.0 Å². The minimum Gasteiger partial charge on any atom is -0.494 e. The Morgan fingerprint density at radius 2 is 2.20 bits per heavy atom. The Kier molecular flexibility index (Phi) is 4.54. The lowest BCUT2D eigenvalue weighted by Gasteiger charge is -2.32. The summed E-state index contributed by atoms with van der Waals surface area (Å²) in [5.41, 5.74) is 0.264. The van der Waals surface area contributed by atoms with Crippen LogP contribution < -0.4 is 4.74 Å². The standard InChI is InChI=1S/C13H13BrClF2NO2/c1-20-11-9(14)5-8(6-10(11)15)12(19)18-4-2-3-13(16,17)7-18/h5-6H,2-4,7H2,1H3. The van der Waals surface area contributed by atoms with Crippen LogP contribution in [-0.4, -0.2) is 36.9 Å². The van der Waals surface area contributed by atoms with Crippen molar-refractivity contribution in [3.05, 3.63) is 27.2 Å². The van der Waals surface area contributed by atoms with Crippen molar-refractivity contribution in [1.82, 2.24) is 4.90 Å². The van der Waals surface area contributed by atoms with Crippen molar-refractivity contribution >= 4 is 33.4 Å². The average Bonchev–Trinajstić information content (AvgIpc) is 2.36. The monoisotopic (exact) mass is 367 g/mol. The van der Waals surface area contributed by atoms with Crippen molar-refractivity contribution in [2.45, 2.75) is 18.8 Å². The number of ether oxygens (including phenoxy) is 1. The summed E-state index contributed by atoms with van der Waals surface area (Å²) in [4.78, 5) is 13.4. The zero-order valence-electron chi connectivity index (χ0n) is 10.8. The van der Waals surface area contributed by atoms with E-state index in [1.54, 1.807) is 0 Å². The molecule has 0 saturated carbocycles. The summed E-state index contributed by atoms with van der Waals surface area (Å²) in [6.07, 6.45) is 0.119. The Hall–Kier alpha value is -0.880. The fraction of sp³-hybridized carbons (Fsp3) is 0.462. The fourth-order valence-electron chi connectivity index (χ4n) is 2.20. The minimum atomic E-state index is -2.82. The van der Waals surface area contributed by atoms with Gasteiger partial charge in [0.1, 0.15) is 0 Å². The topological polar surface area (TPSA) is 29.5 Å². The van der Waals surface area contributed by atoms with Crippen LogP contribution in [0, 0.1) is 0 Å². The lowest BCUT2D eigenvalue weighted by atomic mass is 10.1. The van der Waals surface area contributed by atoms with Gasteiger partial charge in [0, 0.05) is 18.5 Å². The SMILES string of the molecule is COc1c(Cl)cc(C(=O)N2CCCC(F)(F)C2)cc1Br. The van der Waals surface area contributed by atoms with Crippen molar-refractivity contribution < 1.29 is 18.3 Å². The molecule has 1 aromatic rings. The van der Waals surface area contributed by atoms with Gasteiger partial charge in [0.2, 0.25) is 0 Å². The van der Waals surface area contributed by atoms with E-state index in [1.807, 2.05) is 0 Å². The Balaban J connectivity index is 2.25. The van der Waals surface area contributed by atoms with Crippen LogP contribution in [0.25, 0.3) is 0 Å². The van der Waals surface area contributed by atoms with Crippen LogP contribution >= 0.6 is 27.5 Å². The summed E-state index contributed by atoms with van der Waals surface area (Å²) in [6.45, 7) is -0.219. The third-order valence-electron chi connectivity index (χ3n) is 3.13. The first kappa shape index (κ1) is 15.5. The van der Waals surface area contributed by atoms with Gasteiger partial charge in [-0.3, -0.25) is 4.79 Å². The molecule has 3 nitrogen and oxygen atoms in total. The van der Waals surface area contributed by atoms with Gasteiger partial charge in [-0.05, 0) is 34.5 Å². The first-order valence-corrected chi connectivity index (χ1v) is 7.21. The van der Waals surface area contributed by atoms with Gasteiger partial charge in [-0.2, -0.15) is 0 Å². The summed E-state index contributed by atoms with van der Waals surface area (Å²) < 4.78 is 32.3. The van der Waals surface area contributed by atoms with Crippen LogP contribution in [-0.2, 0) is 0 Å². The second kappa shape index (κ2) is 5.85. The highest BCUT2D eigenvalue weighted by Crippen LogP contribution is 2.35. The molecule has 2 rings (SSSR count). The van der Waals surface area contributed by atoms with Crippen LogP contribution in [0.2, 0.25) is 5.02 Å². The molecule has 1 aliphatic heterocycles. The molecule has 1 aromatic carbocycles. The van der Waals surface area contributed by atoms with Crippen LogP contribution in [0.5, 0.6) is 5.75 Å². The predicted octanol–water partition coefficient (Wildman–Crippen LogP) is 3.98. The number of methoxy groups -OCH3 is 1. The first-order chi connectivity index (χ1) is 9.34. The van der Waals surface area contributed by atoms with Crippen molar-refractivity contribution in [2.24, 2.45) is 0 Å². The Morgan fingerprint density at radius 1 is 1.50 bits per heavy atom. The van der Waals surface area contributed by atoms with Gasteiger partial charge < -0.3 is 9.64 Å². The lowest BCUT2D eigenvalue weighted by Crippen LogP contribution is -2.45. The number of amides is 1.